The topological polar surface area (TPSA) is 69.0 Å². The number of nitriles is 1. The molecule has 19 heavy (non-hydrogen) atoms. The second-order valence-electron chi connectivity index (χ2n) is 4.67. The molecular formula is C14H20N4O. The molecule has 0 atom stereocenters. The van der Waals surface area contributed by atoms with Gasteiger partial charge in [0.15, 0.2) is 0 Å². The van der Waals surface area contributed by atoms with Gasteiger partial charge in [0, 0.05) is 18.3 Å². The Hall–Kier alpha value is -2.09. The minimum atomic E-state index is -0.0657. The number of nitrogens with zero attached hydrogens (tertiary/aromatic N) is 3. The number of nitrogens with one attached hydrogen (secondary N) is 1. The van der Waals surface area contributed by atoms with Crippen molar-refractivity contribution in [2.45, 2.75) is 33.7 Å². The summed E-state index contributed by atoms with van der Waals surface area (Å²) in [6.45, 7) is 8.47. The molecule has 0 saturated carbocycles. The van der Waals surface area contributed by atoms with Gasteiger partial charge in [0.1, 0.15) is 11.9 Å². The van der Waals surface area contributed by atoms with Crippen molar-refractivity contribution < 1.29 is 4.79 Å². The highest BCUT2D eigenvalue weighted by atomic mass is 16.2. The first-order valence-electron chi connectivity index (χ1n) is 6.40. The molecule has 5 nitrogen and oxygen atoms in total. The van der Waals surface area contributed by atoms with E-state index in [0.29, 0.717) is 17.9 Å². The van der Waals surface area contributed by atoms with E-state index in [0.717, 1.165) is 5.69 Å². The summed E-state index contributed by atoms with van der Waals surface area (Å²) >= 11 is 0. The van der Waals surface area contributed by atoms with Gasteiger partial charge in [-0.3, -0.25) is 4.79 Å². The Kier molecular flexibility index (Phi) is 5.31. The van der Waals surface area contributed by atoms with E-state index in [-0.39, 0.29) is 18.5 Å². The summed E-state index contributed by atoms with van der Waals surface area (Å²) in [6.07, 6.45) is 0. The van der Waals surface area contributed by atoms with E-state index < -0.39 is 0 Å². The minimum absolute atomic E-state index is 0.0657. The monoisotopic (exact) mass is 260 g/mol. The fourth-order valence-corrected chi connectivity index (χ4v) is 1.75. The van der Waals surface area contributed by atoms with Crippen LogP contribution in [0.5, 0.6) is 0 Å². The van der Waals surface area contributed by atoms with Gasteiger partial charge in [-0.1, -0.05) is 0 Å². The highest BCUT2D eigenvalue weighted by molar-refractivity contribution is 5.81. The molecule has 1 aromatic rings. The molecule has 0 spiro atoms. The van der Waals surface area contributed by atoms with E-state index in [9.17, 15) is 4.79 Å². The molecule has 1 rings (SSSR count). The van der Waals surface area contributed by atoms with Gasteiger partial charge < -0.3 is 10.2 Å². The van der Waals surface area contributed by atoms with Gasteiger partial charge in [-0.05, 0) is 39.8 Å². The van der Waals surface area contributed by atoms with Crippen molar-refractivity contribution in [1.82, 2.24) is 10.3 Å². The van der Waals surface area contributed by atoms with Crippen LogP contribution in [0.2, 0.25) is 0 Å². The molecule has 102 valence electrons. The highest BCUT2D eigenvalue weighted by Gasteiger charge is 2.15. The molecule has 1 aromatic heterocycles. The quantitative estimate of drug-likeness (QED) is 0.873. The van der Waals surface area contributed by atoms with E-state index in [1.165, 1.54) is 0 Å². The number of aromatic nitrogens is 1. The average molecular weight is 260 g/mol. The third-order valence-electron chi connectivity index (χ3n) is 2.60. The minimum Gasteiger partial charge on any atom is -0.352 e. The zero-order chi connectivity index (χ0) is 14.4. The number of carbonyl (C=O) groups excluding carboxylic acids is 1. The van der Waals surface area contributed by atoms with E-state index in [1.807, 2.05) is 32.6 Å². The molecule has 0 fully saturated rings. The average Bonchev–Trinajstić information content (AvgIpc) is 2.35. The van der Waals surface area contributed by atoms with E-state index in [4.69, 9.17) is 5.26 Å². The summed E-state index contributed by atoms with van der Waals surface area (Å²) in [6, 6.07) is 5.75. The summed E-state index contributed by atoms with van der Waals surface area (Å²) in [4.78, 5) is 18.0. The van der Waals surface area contributed by atoms with Crippen LogP contribution in [0.25, 0.3) is 0 Å². The second-order valence-corrected chi connectivity index (χ2v) is 4.67. The van der Waals surface area contributed by atoms with Crippen molar-refractivity contribution in [3.05, 3.63) is 23.4 Å². The molecule has 0 aliphatic rings. The summed E-state index contributed by atoms with van der Waals surface area (Å²) in [5.41, 5.74) is 1.32. The fourth-order valence-electron chi connectivity index (χ4n) is 1.75. The van der Waals surface area contributed by atoms with E-state index in [1.54, 1.807) is 12.1 Å². The third-order valence-corrected chi connectivity index (χ3v) is 2.60. The molecule has 5 heteroatoms. The summed E-state index contributed by atoms with van der Waals surface area (Å²) < 4.78 is 0. The van der Waals surface area contributed by atoms with Crippen LogP contribution in [0, 0.1) is 18.3 Å². The molecule has 0 radical (unpaired) electrons. The number of hydrogen-bond acceptors (Lipinski definition) is 4. The van der Waals surface area contributed by atoms with Gasteiger partial charge >= 0.3 is 0 Å². The Morgan fingerprint density at radius 2 is 2.21 bits per heavy atom. The molecule has 1 heterocycles. The molecule has 0 saturated heterocycles. The molecule has 0 aliphatic heterocycles. The number of aryl methyl sites for hydroxylation is 1. The standard InChI is InChI=1S/C14H20N4O/c1-5-18(9-13(19)16-10(2)3)14-12(8-15)7-6-11(4)17-14/h6-7,10H,5,9H2,1-4H3,(H,16,19). The van der Waals surface area contributed by atoms with Gasteiger partial charge in [0.05, 0.1) is 12.1 Å². The van der Waals surface area contributed by atoms with Crippen molar-refractivity contribution in [1.29, 1.82) is 5.26 Å². The lowest BCUT2D eigenvalue weighted by Crippen LogP contribution is -2.40. The van der Waals surface area contributed by atoms with Crippen LogP contribution in [0.1, 0.15) is 32.0 Å². The number of rotatable bonds is 5. The van der Waals surface area contributed by atoms with Crippen LogP contribution >= 0.6 is 0 Å². The number of carbonyl (C=O) groups is 1. The van der Waals surface area contributed by atoms with Crippen LogP contribution in [0.15, 0.2) is 12.1 Å². The van der Waals surface area contributed by atoms with Crippen LogP contribution in [-0.2, 0) is 4.79 Å². The predicted molar refractivity (Wildman–Crippen MR) is 74.9 cm³/mol. The Bertz CT molecular complexity index is 491. The Morgan fingerprint density at radius 1 is 1.53 bits per heavy atom. The Morgan fingerprint density at radius 3 is 2.74 bits per heavy atom. The van der Waals surface area contributed by atoms with Crippen LogP contribution < -0.4 is 10.2 Å². The molecule has 0 unspecified atom stereocenters. The highest BCUT2D eigenvalue weighted by Crippen LogP contribution is 2.17. The largest absolute Gasteiger partial charge is 0.352 e. The fraction of sp³-hybridized carbons (Fsp3) is 0.500. The maximum atomic E-state index is 11.8. The summed E-state index contributed by atoms with van der Waals surface area (Å²) in [5.74, 6) is 0.507. The van der Waals surface area contributed by atoms with Crippen LogP contribution in [0.3, 0.4) is 0 Å². The maximum absolute atomic E-state index is 11.8. The smallest absolute Gasteiger partial charge is 0.239 e. The molecule has 1 amide bonds. The first-order valence-corrected chi connectivity index (χ1v) is 6.40. The second kappa shape index (κ2) is 6.74. The van der Waals surface area contributed by atoms with Gasteiger partial charge in [-0.25, -0.2) is 4.98 Å². The summed E-state index contributed by atoms with van der Waals surface area (Å²) in [5, 5.41) is 12.0. The van der Waals surface area contributed by atoms with Gasteiger partial charge in [0.2, 0.25) is 5.91 Å². The van der Waals surface area contributed by atoms with Crippen molar-refractivity contribution in [2.24, 2.45) is 0 Å². The lowest BCUT2D eigenvalue weighted by Gasteiger charge is -2.23. The van der Waals surface area contributed by atoms with Crippen molar-refractivity contribution >= 4 is 11.7 Å². The number of hydrogen-bond donors (Lipinski definition) is 1. The number of anilines is 1. The molecule has 1 N–H and O–H groups in total. The zero-order valence-corrected chi connectivity index (χ0v) is 11.9. The molecule has 0 bridgehead atoms. The van der Waals surface area contributed by atoms with E-state index >= 15 is 0 Å². The molecule has 0 aromatic carbocycles. The lowest BCUT2D eigenvalue weighted by molar-refractivity contribution is -0.120. The maximum Gasteiger partial charge on any atom is 0.239 e. The van der Waals surface area contributed by atoms with Gasteiger partial charge in [-0.2, -0.15) is 5.26 Å². The van der Waals surface area contributed by atoms with Gasteiger partial charge in [-0.15, -0.1) is 0 Å². The molecule has 0 aliphatic carbocycles. The van der Waals surface area contributed by atoms with Crippen molar-refractivity contribution in [3.8, 4) is 6.07 Å². The van der Waals surface area contributed by atoms with E-state index in [2.05, 4.69) is 16.4 Å². The number of amides is 1. The van der Waals surface area contributed by atoms with Crippen molar-refractivity contribution in [3.63, 3.8) is 0 Å². The van der Waals surface area contributed by atoms with Gasteiger partial charge in [0.25, 0.3) is 0 Å². The Balaban J connectivity index is 2.94. The van der Waals surface area contributed by atoms with Crippen LogP contribution in [-0.4, -0.2) is 30.0 Å². The SMILES string of the molecule is CCN(CC(=O)NC(C)C)c1nc(C)ccc1C#N. The molecular weight excluding hydrogens is 240 g/mol. The Labute approximate surface area is 114 Å². The first kappa shape index (κ1) is 15.0. The first-order chi connectivity index (χ1) is 8.97. The summed E-state index contributed by atoms with van der Waals surface area (Å²) in [7, 11) is 0. The number of likely N-dealkylation sites (N-methyl/N-ethyl adjacent to an activating group) is 1. The van der Waals surface area contributed by atoms with Crippen molar-refractivity contribution in [2.75, 3.05) is 18.0 Å². The zero-order valence-electron chi connectivity index (χ0n) is 11.9. The normalized spacial score (nSPS) is 10.1. The predicted octanol–water partition coefficient (Wildman–Crippen LogP) is 1.61. The van der Waals surface area contributed by atoms with Crippen LogP contribution in [0.4, 0.5) is 5.82 Å². The number of pyridine rings is 1. The lowest BCUT2D eigenvalue weighted by atomic mass is 10.2. The third kappa shape index (κ3) is 4.25.